The van der Waals surface area contributed by atoms with Gasteiger partial charge in [0.1, 0.15) is 10.6 Å². The summed E-state index contributed by atoms with van der Waals surface area (Å²) in [5.74, 6) is -0.427. The summed E-state index contributed by atoms with van der Waals surface area (Å²) in [5.41, 5.74) is 2.59. The molecule has 0 aliphatic heterocycles. The molecule has 0 aliphatic rings. The van der Waals surface area contributed by atoms with Crippen molar-refractivity contribution in [2.45, 2.75) is 25.2 Å². The Kier molecular flexibility index (Phi) is 8.20. The van der Waals surface area contributed by atoms with Crippen LogP contribution in [0.5, 0.6) is 5.75 Å². The number of amides is 1. The molecule has 0 fully saturated rings. The molecule has 8 heteroatoms. The summed E-state index contributed by atoms with van der Waals surface area (Å²) in [6, 6.07) is 20.9. The Morgan fingerprint density at radius 2 is 1.71 bits per heavy atom. The van der Waals surface area contributed by atoms with Crippen LogP contribution in [-0.4, -0.2) is 44.6 Å². The summed E-state index contributed by atoms with van der Waals surface area (Å²) >= 11 is 0. The van der Waals surface area contributed by atoms with E-state index in [0.29, 0.717) is 17.7 Å². The number of rotatable bonds is 10. The molecule has 0 aliphatic carbocycles. The number of benzene rings is 3. The molecule has 3 rings (SSSR count). The second-order valence-electron chi connectivity index (χ2n) is 7.91. The fourth-order valence-electron chi connectivity index (χ4n) is 3.48. The third-order valence-electron chi connectivity index (χ3n) is 5.30. The minimum Gasteiger partial charge on any atom is -0.495 e. The molecule has 0 bridgehead atoms. The summed E-state index contributed by atoms with van der Waals surface area (Å²) in [6.07, 6.45) is 0.432. The second-order valence-corrected chi connectivity index (χ2v) is 9.82. The molecule has 0 unspecified atom stereocenters. The van der Waals surface area contributed by atoms with Gasteiger partial charge in [-0.25, -0.2) is 8.42 Å². The van der Waals surface area contributed by atoms with Gasteiger partial charge in [-0.15, -0.1) is 0 Å². The van der Waals surface area contributed by atoms with E-state index < -0.39 is 22.5 Å². The van der Waals surface area contributed by atoms with Gasteiger partial charge in [-0.1, -0.05) is 48.5 Å². The van der Waals surface area contributed by atoms with Crippen molar-refractivity contribution in [1.82, 2.24) is 4.31 Å². The van der Waals surface area contributed by atoms with E-state index >= 15 is 0 Å². The van der Waals surface area contributed by atoms with E-state index in [4.69, 9.17) is 4.74 Å². The average Bonchev–Trinajstić information content (AvgIpc) is 2.82. The van der Waals surface area contributed by atoms with Crippen LogP contribution in [0.3, 0.4) is 0 Å². The quantitative estimate of drug-likeness (QED) is 0.442. The first-order chi connectivity index (χ1) is 16.2. The molecule has 0 saturated carbocycles. The number of Topliss-reactive ketones (excluding diaryl/α,β-unsaturated/α-hetero) is 1. The Morgan fingerprint density at radius 3 is 2.38 bits per heavy atom. The molecule has 3 aromatic rings. The third kappa shape index (κ3) is 6.30. The van der Waals surface area contributed by atoms with E-state index in [1.54, 1.807) is 43.3 Å². The summed E-state index contributed by atoms with van der Waals surface area (Å²) in [5, 5.41) is 2.70. The highest BCUT2D eigenvalue weighted by atomic mass is 32.2. The summed E-state index contributed by atoms with van der Waals surface area (Å²) in [4.78, 5) is 24.5. The molecule has 1 N–H and O–H groups in total. The second kappa shape index (κ2) is 11.1. The van der Waals surface area contributed by atoms with Gasteiger partial charge < -0.3 is 10.1 Å². The standard InChI is InChI=1S/C26H28N2O5S/c1-19-12-13-24(33-3)25(16-19)34(31,32)28(15-14-21-8-5-4-6-9-21)18-26(30)27-23-11-7-10-22(17-23)20(2)29/h4-13,16-17H,14-15,18H2,1-3H3,(H,27,30). The van der Waals surface area contributed by atoms with Gasteiger partial charge in [-0.3, -0.25) is 9.59 Å². The maximum atomic E-state index is 13.6. The fourth-order valence-corrected chi connectivity index (χ4v) is 5.12. The topological polar surface area (TPSA) is 92.8 Å². The van der Waals surface area contributed by atoms with Gasteiger partial charge in [0.05, 0.1) is 13.7 Å². The first kappa shape index (κ1) is 25.1. The lowest BCUT2D eigenvalue weighted by atomic mass is 10.1. The van der Waals surface area contributed by atoms with Crippen LogP contribution in [0.15, 0.2) is 77.7 Å². The molecule has 0 spiro atoms. The number of hydrogen-bond donors (Lipinski definition) is 1. The number of ether oxygens (including phenoxy) is 1. The highest BCUT2D eigenvalue weighted by molar-refractivity contribution is 7.89. The number of nitrogens with zero attached hydrogens (tertiary/aromatic N) is 1. The minimum absolute atomic E-state index is 0.00874. The maximum absolute atomic E-state index is 13.6. The Morgan fingerprint density at radius 1 is 0.971 bits per heavy atom. The molecular formula is C26H28N2O5S. The number of aryl methyl sites for hydroxylation is 1. The van der Waals surface area contributed by atoms with Crippen molar-refractivity contribution in [2.24, 2.45) is 0 Å². The molecule has 0 saturated heterocycles. The predicted octanol–water partition coefficient (Wildman–Crippen LogP) is 4.08. The van der Waals surface area contributed by atoms with Gasteiger partial charge >= 0.3 is 0 Å². The number of sulfonamides is 1. The van der Waals surface area contributed by atoms with E-state index in [1.165, 1.54) is 20.1 Å². The monoisotopic (exact) mass is 480 g/mol. The highest BCUT2D eigenvalue weighted by Gasteiger charge is 2.29. The summed E-state index contributed by atoms with van der Waals surface area (Å²) in [7, 11) is -2.64. The number of carbonyl (C=O) groups excluding carboxylic acids is 2. The highest BCUT2D eigenvalue weighted by Crippen LogP contribution is 2.28. The smallest absolute Gasteiger partial charge is 0.247 e. The molecule has 7 nitrogen and oxygen atoms in total. The molecule has 0 radical (unpaired) electrons. The van der Waals surface area contributed by atoms with Crippen LogP contribution in [0.4, 0.5) is 5.69 Å². The van der Waals surface area contributed by atoms with Crippen molar-refractivity contribution >= 4 is 27.4 Å². The van der Waals surface area contributed by atoms with Crippen LogP contribution >= 0.6 is 0 Å². The van der Waals surface area contributed by atoms with Crippen LogP contribution in [0, 0.1) is 6.92 Å². The maximum Gasteiger partial charge on any atom is 0.247 e. The number of hydrogen-bond acceptors (Lipinski definition) is 5. The largest absolute Gasteiger partial charge is 0.495 e. The SMILES string of the molecule is COc1ccc(C)cc1S(=O)(=O)N(CCc1ccccc1)CC(=O)Nc1cccc(C(C)=O)c1. The summed E-state index contributed by atoms with van der Waals surface area (Å²) in [6.45, 7) is 2.94. The van der Waals surface area contributed by atoms with Crippen LogP contribution < -0.4 is 10.1 Å². The van der Waals surface area contributed by atoms with E-state index in [9.17, 15) is 18.0 Å². The Bertz CT molecular complexity index is 1270. The average molecular weight is 481 g/mol. The molecule has 0 aromatic heterocycles. The molecule has 34 heavy (non-hydrogen) atoms. The molecule has 0 heterocycles. The molecular weight excluding hydrogens is 452 g/mol. The van der Waals surface area contributed by atoms with Crippen LogP contribution in [-0.2, 0) is 21.2 Å². The van der Waals surface area contributed by atoms with Crippen molar-refractivity contribution in [3.05, 3.63) is 89.5 Å². The zero-order chi connectivity index (χ0) is 24.7. The molecule has 178 valence electrons. The van der Waals surface area contributed by atoms with Gasteiger partial charge in [0.2, 0.25) is 15.9 Å². The number of nitrogens with one attached hydrogen (secondary N) is 1. The van der Waals surface area contributed by atoms with E-state index in [2.05, 4.69) is 5.32 Å². The van der Waals surface area contributed by atoms with Gasteiger partial charge in [0.25, 0.3) is 0 Å². The number of anilines is 1. The first-order valence-electron chi connectivity index (χ1n) is 10.8. The van der Waals surface area contributed by atoms with Crippen LogP contribution in [0.25, 0.3) is 0 Å². The van der Waals surface area contributed by atoms with Crippen LogP contribution in [0.1, 0.15) is 28.4 Å². The lowest BCUT2D eigenvalue weighted by Gasteiger charge is -2.23. The summed E-state index contributed by atoms with van der Waals surface area (Å²) < 4.78 is 33.7. The Balaban J connectivity index is 1.89. The van der Waals surface area contributed by atoms with Gasteiger partial charge in [-0.05, 0) is 55.7 Å². The van der Waals surface area contributed by atoms with E-state index in [-0.39, 0.29) is 23.0 Å². The normalized spacial score (nSPS) is 11.3. The Labute approximate surface area is 200 Å². The van der Waals surface area contributed by atoms with Crippen molar-refractivity contribution in [3.63, 3.8) is 0 Å². The molecule has 0 atom stereocenters. The number of ketones is 1. The lowest BCUT2D eigenvalue weighted by Crippen LogP contribution is -2.39. The zero-order valence-electron chi connectivity index (χ0n) is 19.4. The predicted molar refractivity (Wildman–Crippen MR) is 132 cm³/mol. The number of methoxy groups -OCH3 is 1. The van der Waals surface area contributed by atoms with Crippen molar-refractivity contribution in [3.8, 4) is 5.75 Å². The minimum atomic E-state index is -4.05. The lowest BCUT2D eigenvalue weighted by molar-refractivity contribution is -0.116. The van der Waals surface area contributed by atoms with Crippen molar-refractivity contribution in [2.75, 3.05) is 25.5 Å². The van der Waals surface area contributed by atoms with E-state index in [1.807, 2.05) is 30.3 Å². The fraction of sp³-hybridized carbons (Fsp3) is 0.231. The van der Waals surface area contributed by atoms with E-state index in [0.717, 1.165) is 15.4 Å². The zero-order valence-corrected chi connectivity index (χ0v) is 20.3. The van der Waals surface area contributed by atoms with Gasteiger partial charge in [0, 0.05) is 17.8 Å². The van der Waals surface area contributed by atoms with Crippen molar-refractivity contribution in [1.29, 1.82) is 0 Å². The molecule has 1 amide bonds. The van der Waals surface area contributed by atoms with Gasteiger partial charge in [0.15, 0.2) is 5.78 Å². The van der Waals surface area contributed by atoms with Crippen LogP contribution in [0.2, 0.25) is 0 Å². The van der Waals surface area contributed by atoms with Crippen molar-refractivity contribution < 1.29 is 22.7 Å². The first-order valence-corrected chi connectivity index (χ1v) is 12.2. The van der Waals surface area contributed by atoms with Gasteiger partial charge in [-0.2, -0.15) is 4.31 Å². The molecule has 3 aromatic carbocycles. The third-order valence-corrected chi connectivity index (χ3v) is 7.17. The number of carbonyl (C=O) groups is 2. The Hall–Kier alpha value is -3.49.